The zero-order chi connectivity index (χ0) is 21.4. The van der Waals surface area contributed by atoms with Crippen LogP contribution in [0.5, 0.6) is 11.5 Å². The van der Waals surface area contributed by atoms with E-state index in [1.165, 1.54) is 12.1 Å². The molecular formula is C21H19ClN2O5. The first kappa shape index (κ1) is 21.8. The molecule has 0 spiro atoms. The number of carbonyl (C=O) groups excluding carboxylic acids is 1. The number of nitrogens with zero attached hydrogens (tertiary/aromatic N) is 1. The molecule has 0 aliphatic carbocycles. The average molecular weight is 415 g/mol. The Labute approximate surface area is 173 Å². The third-order valence-electron chi connectivity index (χ3n) is 3.74. The molecular weight excluding hydrogens is 396 g/mol. The van der Waals surface area contributed by atoms with Gasteiger partial charge in [0, 0.05) is 10.7 Å². The Morgan fingerprint density at radius 2 is 1.97 bits per heavy atom. The summed E-state index contributed by atoms with van der Waals surface area (Å²) in [4.78, 5) is 23.2. The highest BCUT2D eigenvalue weighted by atomic mass is 35.5. The summed E-state index contributed by atoms with van der Waals surface area (Å²) < 4.78 is 10.7. The fourth-order valence-electron chi connectivity index (χ4n) is 2.38. The molecule has 2 rings (SSSR count). The van der Waals surface area contributed by atoms with E-state index < -0.39 is 18.5 Å². The fraction of sp³-hybridized carbons (Fsp3) is 0.190. The van der Waals surface area contributed by atoms with Gasteiger partial charge in [-0.15, -0.1) is 0 Å². The van der Waals surface area contributed by atoms with Gasteiger partial charge in [-0.3, -0.25) is 4.79 Å². The number of carbonyl (C=O) groups is 2. The minimum atomic E-state index is -1.11. The Balaban J connectivity index is 2.28. The van der Waals surface area contributed by atoms with Crippen LogP contribution in [0.4, 0.5) is 5.69 Å². The molecule has 0 aliphatic rings. The van der Waals surface area contributed by atoms with E-state index >= 15 is 0 Å². The van der Waals surface area contributed by atoms with Crippen LogP contribution in [0.3, 0.4) is 0 Å². The normalized spacial score (nSPS) is 10.8. The third-order valence-corrected chi connectivity index (χ3v) is 3.98. The lowest BCUT2D eigenvalue weighted by Gasteiger charge is -2.12. The van der Waals surface area contributed by atoms with Crippen molar-refractivity contribution in [3.05, 3.63) is 58.1 Å². The van der Waals surface area contributed by atoms with E-state index in [2.05, 4.69) is 5.32 Å². The van der Waals surface area contributed by atoms with Gasteiger partial charge in [-0.05, 0) is 55.3 Å². The van der Waals surface area contributed by atoms with E-state index in [9.17, 15) is 14.9 Å². The smallest absolute Gasteiger partial charge is 0.341 e. The second kappa shape index (κ2) is 10.2. The maximum atomic E-state index is 12.5. The maximum absolute atomic E-state index is 12.5. The van der Waals surface area contributed by atoms with Crippen LogP contribution in [0.2, 0.25) is 5.02 Å². The minimum Gasteiger partial charge on any atom is -0.490 e. The average Bonchev–Trinajstić information content (AvgIpc) is 2.68. The molecule has 0 saturated carbocycles. The lowest BCUT2D eigenvalue weighted by atomic mass is 10.1. The number of benzene rings is 2. The molecule has 2 aromatic rings. The number of aliphatic carboxylic acids is 1. The van der Waals surface area contributed by atoms with Crippen LogP contribution in [0.15, 0.2) is 42.0 Å². The second-order valence-corrected chi connectivity index (χ2v) is 6.34. The number of carboxylic acid groups (broad SMARTS) is 1. The maximum Gasteiger partial charge on any atom is 0.341 e. The van der Waals surface area contributed by atoms with Crippen LogP contribution < -0.4 is 14.8 Å². The molecule has 8 heteroatoms. The van der Waals surface area contributed by atoms with Gasteiger partial charge in [0.1, 0.15) is 11.6 Å². The summed E-state index contributed by atoms with van der Waals surface area (Å²) in [5.74, 6) is -1.13. The fourth-order valence-corrected chi connectivity index (χ4v) is 2.55. The van der Waals surface area contributed by atoms with Crippen molar-refractivity contribution >= 4 is 35.2 Å². The molecule has 0 saturated heterocycles. The Morgan fingerprint density at radius 3 is 2.62 bits per heavy atom. The summed E-state index contributed by atoms with van der Waals surface area (Å²) in [6.45, 7) is 3.40. The first-order valence-corrected chi connectivity index (χ1v) is 9.02. The van der Waals surface area contributed by atoms with E-state index in [4.69, 9.17) is 26.2 Å². The van der Waals surface area contributed by atoms with E-state index in [-0.39, 0.29) is 11.3 Å². The summed E-state index contributed by atoms with van der Waals surface area (Å²) >= 11 is 5.96. The molecule has 1 amide bonds. The Hall–Kier alpha value is -3.50. The summed E-state index contributed by atoms with van der Waals surface area (Å²) in [7, 11) is 0. The Bertz CT molecular complexity index is 995. The molecule has 0 atom stereocenters. The molecule has 150 valence electrons. The van der Waals surface area contributed by atoms with Gasteiger partial charge in [0.25, 0.3) is 5.91 Å². The Kier molecular flexibility index (Phi) is 7.63. The van der Waals surface area contributed by atoms with E-state index in [0.717, 1.165) is 5.56 Å². The molecule has 0 unspecified atom stereocenters. The second-order valence-electron chi connectivity index (χ2n) is 5.90. The molecule has 0 bridgehead atoms. The van der Waals surface area contributed by atoms with Crippen LogP contribution in [0, 0.1) is 18.3 Å². The van der Waals surface area contributed by atoms with E-state index in [0.29, 0.717) is 28.6 Å². The van der Waals surface area contributed by atoms with Crippen LogP contribution >= 0.6 is 11.6 Å². The summed E-state index contributed by atoms with van der Waals surface area (Å²) in [5, 5.41) is 21.3. The highest BCUT2D eigenvalue weighted by Gasteiger charge is 2.13. The zero-order valence-corrected chi connectivity index (χ0v) is 16.6. The molecule has 0 heterocycles. The third kappa shape index (κ3) is 6.26. The van der Waals surface area contributed by atoms with Crippen molar-refractivity contribution in [2.75, 3.05) is 18.5 Å². The van der Waals surface area contributed by atoms with Crippen molar-refractivity contribution in [1.82, 2.24) is 0 Å². The predicted molar refractivity (Wildman–Crippen MR) is 109 cm³/mol. The molecule has 0 radical (unpaired) electrons. The van der Waals surface area contributed by atoms with E-state index in [1.54, 1.807) is 37.3 Å². The lowest BCUT2D eigenvalue weighted by molar-refractivity contribution is -0.139. The first-order chi connectivity index (χ1) is 13.8. The minimum absolute atomic E-state index is 0.119. The number of nitrogens with one attached hydrogen (secondary N) is 1. The Morgan fingerprint density at radius 1 is 1.21 bits per heavy atom. The lowest BCUT2D eigenvalue weighted by Crippen LogP contribution is -2.14. The molecule has 0 fully saturated rings. The standard InChI is InChI=1S/C21H19ClN2O5/c1-3-28-19-9-14(5-7-18(19)29-12-20(25)26)8-15(11-23)21(27)24-17-10-16(22)6-4-13(17)2/h4-10H,3,12H2,1-2H3,(H,24,27)(H,25,26)/b15-8+. The van der Waals surface area contributed by atoms with Gasteiger partial charge < -0.3 is 19.9 Å². The van der Waals surface area contributed by atoms with Gasteiger partial charge in [0.15, 0.2) is 18.1 Å². The molecule has 7 nitrogen and oxygen atoms in total. The van der Waals surface area contributed by atoms with E-state index in [1.807, 2.05) is 13.0 Å². The first-order valence-electron chi connectivity index (χ1n) is 8.64. The van der Waals surface area contributed by atoms with Crippen LogP contribution in [0.25, 0.3) is 6.08 Å². The molecule has 0 aliphatic heterocycles. The number of rotatable bonds is 8. The van der Waals surface area contributed by atoms with Crippen molar-refractivity contribution in [2.24, 2.45) is 0 Å². The van der Waals surface area contributed by atoms with Gasteiger partial charge >= 0.3 is 5.97 Å². The number of carboxylic acids is 1. The quantitative estimate of drug-likeness (QED) is 0.498. The molecule has 2 aromatic carbocycles. The van der Waals surface area contributed by atoms with Crippen molar-refractivity contribution in [3.8, 4) is 17.6 Å². The summed E-state index contributed by atoms with van der Waals surface area (Å²) in [6.07, 6.45) is 1.40. The van der Waals surface area contributed by atoms with Crippen molar-refractivity contribution < 1.29 is 24.2 Å². The van der Waals surface area contributed by atoms with Gasteiger partial charge in [0.05, 0.1) is 6.61 Å². The zero-order valence-electron chi connectivity index (χ0n) is 15.9. The van der Waals surface area contributed by atoms with Crippen molar-refractivity contribution in [2.45, 2.75) is 13.8 Å². The highest BCUT2D eigenvalue weighted by Crippen LogP contribution is 2.29. The molecule has 2 N–H and O–H groups in total. The van der Waals surface area contributed by atoms with Gasteiger partial charge in [-0.1, -0.05) is 23.7 Å². The molecule has 0 aromatic heterocycles. The van der Waals surface area contributed by atoms with Gasteiger partial charge in [-0.25, -0.2) is 4.79 Å². The van der Waals surface area contributed by atoms with Gasteiger partial charge in [-0.2, -0.15) is 5.26 Å². The SMILES string of the molecule is CCOc1cc(/C=C(\C#N)C(=O)Nc2cc(Cl)ccc2C)ccc1OCC(=O)O. The topological polar surface area (TPSA) is 109 Å². The number of aryl methyl sites for hydroxylation is 1. The summed E-state index contributed by atoms with van der Waals surface area (Å²) in [6, 6.07) is 11.6. The monoisotopic (exact) mass is 414 g/mol. The predicted octanol–water partition coefficient (Wildman–Crippen LogP) is 4.06. The number of amides is 1. The highest BCUT2D eigenvalue weighted by molar-refractivity contribution is 6.31. The number of ether oxygens (including phenoxy) is 2. The number of hydrogen-bond acceptors (Lipinski definition) is 5. The number of halogens is 1. The largest absolute Gasteiger partial charge is 0.490 e. The number of hydrogen-bond donors (Lipinski definition) is 2. The number of anilines is 1. The number of nitriles is 1. The van der Waals surface area contributed by atoms with Gasteiger partial charge in [0.2, 0.25) is 0 Å². The van der Waals surface area contributed by atoms with Crippen LogP contribution in [0.1, 0.15) is 18.1 Å². The molecule has 29 heavy (non-hydrogen) atoms. The summed E-state index contributed by atoms with van der Waals surface area (Å²) in [5.41, 5.74) is 1.71. The van der Waals surface area contributed by atoms with Crippen LogP contribution in [-0.4, -0.2) is 30.2 Å². The van der Waals surface area contributed by atoms with Crippen LogP contribution in [-0.2, 0) is 9.59 Å². The van der Waals surface area contributed by atoms with Crippen molar-refractivity contribution in [3.63, 3.8) is 0 Å². The van der Waals surface area contributed by atoms with Crippen molar-refractivity contribution in [1.29, 1.82) is 5.26 Å².